The van der Waals surface area contributed by atoms with E-state index in [1.807, 2.05) is 17.8 Å². The van der Waals surface area contributed by atoms with Crippen LogP contribution in [0.2, 0.25) is 0 Å². The Labute approximate surface area is 100 Å². The number of aliphatic imine (C=N–C) groups is 1. The van der Waals surface area contributed by atoms with Gasteiger partial charge in [0, 0.05) is 24.8 Å². The molecule has 4 nitrogen and oxygen atoms in total. The van der Waals surface area contributed by atoms with Gasteiger partial charge in [-0.05, 0) is 6.42 Å². The molecule has 0 aromatic carbocycles. The Bertz CT molecular complexity index is 417. The van der Waals surface area contributed by atoms with Gasteiger partial charge in [-0.15, -0.1) is 0 Å². The second-order valence-corrected chi connectivity index (χ2v) is 4.25. The zero-order chi connectivity index (χ0) is 11.5. The van der Waals surface area contributed by atoms with Crippen molar-refractivity contribution in [1.82, 2.24) is 15.1 Å². The maximum atomic E-state index is 5.87. The molecule has 0 spiro atoms. The summed E-state index contributed by atoms with van der Waals surface area (Å²) in [6, 6.07) is 0.465. The maximum absolute atomic E-state index is 5.87. The summed E-state index contributed by atoms with van der Waals surface area (Å²) in [5, 5.41) is 8.08. The number of nitrogens with zero attached hydrogens (tertiary/aromatic N) is 3. The van der Waals surface area contributed by atoms with Crippen LogP contribution in [0, 0.1) is 0 Å². The zero-order valence-corrected chi connectivity index (χ0v) is 10.0. The third kappa shape index (κ3) is 2.33. The van der Waals surface area contributed by atoms with Gasteiger partial charge >= 0.3 is 0 Å². The van der Waals surface area contributed by atoms with E-state index in [4.69, 9.17) is 11.6 Å². The van der Waals surface area contributed by atoms with Gasteiger partial charge in [-0.3, -0.25) is 4.68 Å². The number of rotatable bonds is 4. The van der Waals surface area contributed by atoms with Crippen LogP contribution in [0.25, 0.3) is 5.70 Å². The lowest BCUT2D eigenvalue weighted by Crippen LogP contribution is -2.43. The van der Waals surface area contributed by atoms with E-state index in [9.17, 15) is 0 Å². The van der Waals surface area contributed by atoms with Crippen LogP contribution in [0.3, 0.4) is 0 Å². The van der Waals surface area contributed by atoms with Gasteiger partial charge in [-0.25, -0.2) is 4.99 Å². The second kappa shape index (κ2) is 4.80. The first kappa shape index (κ1) is 11.4. The van der Waals surface area contributed by atoms with E-state index in [1.54, 1.807) is 6.20 Å². The fourth-order valence-electron chi connectivity index (χ4n) is 1.44. The minimum absolute atomic E-state index is 0.465. The molecule has 0 aliphatic carbocycles. The molecular formula is C11H15ClN4. The first-order valence-electron chi connectivity index (χ1n) is 5.38. The number of hydrogen-bond acceptors (Lipinski definition) is 3. The standard InChI is InChI=1S/C11H15ClN4/c1-3-11(12)15-8(2)9-4-14-16(7-9)10-5-13-6-10/h4,7,10,13H,2-3,5-6H2,1H3. The van der Waals surface area contributed by atoms with Crippen molar-refractivity contribution in [2.24, 2.45) is 4.99 Å². The fraction of sp³-hybridized carbons (Fsp3) is 0.455. The summed E-state index contributed by atoms with van der Waals surface area (Å²) in [4.78, 5) is 4.20. The summed E-state index contributed by atoms with van der Waals surface area (Å²) in [6.45, 7) is 7.81. The predicted molar refractivity (Wildman–Crippen MR) is 66.7 cm³/mol. The summed E-state index contributed by atoms with van der Waals surface area (Å²) in [5.41, 5.74) is 1.60. The van der Waals surface area contributed by atoms with Crippen molar-refractivity contribution in [2.45, 2.75) is 19.4 Å². The molecule has 1 saturated heterocycles. The van der Waals surface area contributed by atoms with Crippen molar-refractivity contribution < 1.29 is 0 Å². The first-order chi connectivity index (χ1) is 7.70. The van der Waals surface area contributed by atoms with E-state index in [0.717, 1.165) is 25.1 Å². The van der Waals surface area contributed by atoms with Crippen LogP contribution >= 0.6 is 11.6 Å². The van der Waals surface area contributed by atoms with Gasteiger partial charge in [0.2, 0.25) is 0 Å². The molecule has 16 heavy (non-hydrogen) atoms. The van der Waals surface area contributed by atoms with Gasteiger partial charge in [0.1, 0.15) is 5.17 Å². The highest BCUT2D eigenvalue weighted by atomic mass is 35.5. The smallest absolute Gasteiger partial charge is 0.106 e. The molecule has 0 unspecified atom stereocenters. The third-order valence-electron chi connectivity index (χ3n) is 2.62. The molecule has 86 valence electrons. The normalized spacial score (nSPS) is 17.2. The first-order valence-corrected chi connectivity index (χ1v) is 5.75. The van der Waals surface area contributed by atoms with Crippen molar-refractivity contribution in [3.8, 4) is 0 Å². The second-order valence-electron chi connectivity index (χ2n) is 3.81. The highest BCUT2D eigenvalue weighted by Gasteiger charge is 2.19. The van der Waals surface area contributed by atoms with Crippen LogP contribution in [0.5, 0.6) is 0 Å². The quantitative estimate of drug-likeness (QED) is 0.816. The molecule has 1 aliphatic rings. The maximum Gasteiger partial charge on any atom is 0.106 e. The van der Waals surface area contributed by atoms with Gasteiger partial charge in [0.05, 0.1) is 17.9 Å². The van der Waals surface area contributed by atoms with E-state index in [0.29, 0.717) is 16.9 Å². The lowest BCUT2D eigenvalue weighted by atomic mass is 10.2. The van der Waals surface area contributed by atoms with E-state index >= 15 is 0 Å². The van der Waals surface area contributed by atoms with Crippen molar-refractivity contribution in [3.05, 3.63) is 24.5 Å². The summed E-state index contributed by atoms with van der Waals surface area (Å²) in [5.74, 6) is 0. The average Bonchev–Trinajstić information content (AvgIpc) is 2.64. The van der Waals surface area contributed by atoms with Gasteiger partial charge < -0.3 is 5.32 Å². The molecule has 1 fully saturated rings. The summed E-state index contributed by atoms with van der Waals surface area (Å²) < 4.78 is 1.95. The molecule has 1 aromatic heterocycles. The molecule has 0 atom stereocenters. The van der Waals surface area contributed by atoms with Crippen molar-refractivity contribution in [3.63, 3.8) is 0 Å². The summed E-state index contributed by atoms with van der Waals surface area (Å²) in [7, 11) is 0. The topological polar surface area (TPSA) is 42.2 Å². The van der Waals surface area contributed by atoms with Crippen LogP contribution in [-0.2, 0) is 0 Å². The van der Waals surface area contributed by atoms with Crippen LogP contribution in [-0.4, -0.2) is 28.0 Å². The third-order valence-corrected chi connectivity index (χ3v) is 2.97. The molecule has 1 N–H and O–H groups in total. The van der Waals surface area contributed by atoms with Crippen LogP contribution in [0.15, 0.2) is 24.0 Å². The van der Waals surface area contributed by atoms with Gasteiger partial charge in [-0.1, -0.05) is 25.1 Å². The Morgan fingerprint density at radius 2 is 2.50 bits per heavy atom. The molecule has 2 heterocycles. The number of hydrogen-bond donors (Lipinski definition) is 1. The van der Waals surface area contributed by atoms with Crippen LogP contribution in [0.4, 0.5) is 0 Å². The predicted octanol–water partition coefficient (Wildman–Crippen LogP) is 2.05. The monoisotopic (exact) mass is 238 g/mol. The molecule has 0 bridgehead atoms. The minimum atomic E-state index is 0.465. The highest BCUT2D eigenvalue weighted by molar-refractivity contribution is 6.65. The number of aromatic nitrogens is 2. The molecule has 1 aliphatic heterocycles. The summed E-state index contributed by atoms with van der Waals surface area (Å²) in [6.07, 6.45) is 4.47. The van der Waals surface area contributed by atoms with Crippen molar-refractivity contribution >= 4 is 22.5 Å². The largest absolute Gasteiger partial charge is 0.312 e. The van der Waals surface area contributed by atoms with Crippen LogP contribution in [0.1, 0.15) is 24.9 Å². The van der Waals surface area contributed by atoms with Gasteiger partial charge in [-0.2, -0.15) is 5.10 Å². The number of nitrogens with one attached hydrogen (secondary N) is 1. The Hall–Kier alpha value is -1.13. The van der Waals surface area contributed by atoms with Crippen molar-refractivity contribution in [2.75, 3.05) is 13.1 Å². The Morgan fingerprint density at radius 3 is 3.06 bits per heavy atom. The molecule has 0 saturated carbocycles. The van der Waals surface area contributed by atoms with Crippen molar-refractivity contribution in [1.29, 1.82) is 0 Å². The fourth-order valence-corrected chi connectivity index (χ4v) is 1.54. The Morgan fingerprint density at radius 1 is 1.75 bits per heavy atom. The van der Waals surface area contributed by atoms with Crippen LogP contribution < -0.4 is 5.32 Å². The van der Waals surface area contributed by atoms with E-state index in [2.05, 4.69) is 22.0 Å². The molecule has 5 heteroatoms. The van der Waals surface area contributed by atoms with E-state index in [1.165, 1.54) is 0 Å². The molecule has 1 aromatic rings. The lowest BCUT2D eigenvalue weighted by molar-refractivity contribution is 0.318. The average molecular weight is 239 g/mol. The number of halogens is 1. The van der Waals surface area contributed by atoms with Gasteiger partial charge in [0.25, 0.3) is 0 Å². The molecule has 0 amide bonds. The summed E-state index contributed by atoms with van der Waals surface area (Å²) >= 11 is 5.87. The van der Waals surface area contributed by atoms with E-state index in [-0.39, 0.29) is 0 Å². The Balaban J connectivity index is 2.09. The highest BCUT2D eigenvalue weighted by Crippen LogP contribution is 2.17. The SMILES string of the molecule is C=C(N=C(Cl)CC)c1cnn(C2CNC2)c1. The lowest BCUT2D eigenvalue weighted by Gasteiger charge is -2.27. The van der Waals surface area contributed by atoms with E-state index < -0.39 is 0 Å². The Kier molecular flexibility index (Phi) is 3.41. The minimum Gasteiger partial charge on any atom is -0.312 e. The molecule has 2 rings (SSSR count). The zero-order valence-electron chi connectivity index (χ0n) is 9.28. The van der Waals surface area contributed by atoms with Gasteiger partial charge in [0.15, 0.2) is 0 Å². The molecule has 0 radical (unpaired) electrons. The molecular weight excluding hydrogens is 224 g/mol.